The molecule has 7 heteroatoms. The van der Waals surface area contributed by atoms with Gasteiger partial charge in [-0.2, -0.15) is 0 Å². The smallest absolute Gasteiger partial charge is 0.343 e. The predicted octanol–water partition coefficient (Wildman–Crippen LogP) is 1.06. The van der Waals surface area contributed by atoms with Crippen molar-refractivity contribution in [1.29, 1.82) is 0 Å². The van der Waals surface area contributed by atoms with E-state index < -0.39 is 11.9 Å². The van der Waals surface area contributed by atoms with E-state index in [-0.39, 0.29) is 16.1 Å². The minimum absolute atomic E-state index is 0.0984. The number of primary amides is 1. The second-order valence-electron chi connectivity index (χ2n) is 3.55. The Labute approximate surface area is 110 Å². The molecule has 0 fully saturated rings. The number of carbonyl (C=O) groups excluding carboxylic acids is 2. The number of nitrogen functional groups attached to an aromatic ring is 1. The van der Waals surface area contributed by atoms with Gasteiger partial charge in [0.15, 0.2) is 0 Å². The molecule has 0 aliphatic heterocycles. The Morgan fingerprint density at radius 1 is 1.33 bits per heavy atom. The third-order valence-corrected chi connectivity index (χ3v) is 3.87. The van der Waals surface area contributed by atoms with Gasteiger partial charge in [-0.05, 0) is 13.8 Å². The fraction of sp³-hybridized carbons (Fsp3) is 0.455. The van der Waals surface area contributed by atoms with E-state index in [1.165, 1.54) is 7.11 Å². The molecule has 0 radical (unpaired) electrons. The minimum atomic E-state index is -0.638. The van der Waals surface area contributed by atoms with Crippen molar-refractivity contribution in [2.75, 3.05) is 30.8 Å². The van der Waals surface area contributed by atoms with Crippen LogP contribution in [0.5, 0.6) is 0 Å². The summed E-state index contributed by atoms with van der Waals surface area (Å²) in [7, 11) is 1.27. The minimum Gasteiger partial charge on any atom is -0.465 e. The van der Waals surface area contributed by atoms with Crippen molar-refractivity contribution in [3.05, 3.63) is 10.4 Å². The topological polar surface area (TPSA) is 98.6 Å². The molecule has 0 aliphatic carbocycles. The first kappa shape index (κ1) is 14.3. The van der Waals surface area contributed by atoms with Crippen LogP contribution < -0.4 is 16.4 Å². The highest BCUT2D eigenvalue weighted by Gasteiger charge is 2.27. The Bertz CT molecular complexity index is 466. The number of hydrogen-bond donors (Lipinski definition) is 2. The summed E-state index contributed by atoms with van der Waals surface area (Å²) in [5.74, 6) is -1.20. The van der Waals surface area contributed by atoms with Crippen molar-refractivity contribution < 1.29 is 14.3 Å². The van der Waals surface area contributed by atoms with E-state index in [0.29, 0.717) is 18.1 Å². The van der Waals surface area contributed by atoms with Gasteiger partial charge in [-0.25, -0.2) is 4.79 Å². The molecule has 6 nitrogen and oxygen atoms in total. The van der Waals surface area contributed by atoms with Gasteiger partial charge in [-0.1, -0.05) is 0 Å². The van der Waals surface area contributed by atoms with Gasteiger partial charge >= 0.3 is 5.97 Å². The van der Waals surface area contributed by atoms with Gasteiger partial charge in [-0.3, -0.25) is 4.79 Å². The zero-order chi connectivity index (χ0) is 13.9. The zero-order valence-corrected chi connectivity index (χ0v) is 11.5. The molecule has 1 aromatic heterocycles. The highest BCUT2D eigenvalue weighted by molar-refractivity contribution is 7.19. The largest absolute Gasteiger partial charge is 0.465 e. The van der Waals surface area contributed by atoms with E-state index in [1.54, 1.807) is 0 Å². The average Bonchev–Trinajstić information content (AvgIpc) is 2.68. The van der Waals surface area contributed by atoms with Crippen LogP contribution in [0.2, 0.25) is 0 Å². The number of nitrogens with zero attached hydrogens (tertiary/aromatic N) is 1. The summed E-state index contributed by atoms with van der Waals surface area (Å²) in [4.78, 5) is 25.2. The molecule has 0 bridgehead atoms. The number of rotatable bonds is 5. The molecular weight excluding hydrogens is 254 g/mol. The molecule has 0 unspecified atom stereocenters. The summed E-state index contributed by atoms with van der Waals surface area (Å²) >= 11 is 1.12. The number of methoxy groups -OCH3 is 1. The van der Waals surface area contributed by atoms with Crippen molar-refractivity contribution in [1.82, 2.24) is 0 Å². The van der Waals surface area contributed by atoms with Crippen molar-refractivity contribution in [2.24, 2.45) is 5.73 Å². The maximum atomic E-state index is 11.8. The molecule has 0 aromatic carbocycles. The molecule has 1 rings (SSSR count). The number of thiophene rings is 1. The van der Waals surface area contributed by atoms with Crippen LogP contribution in [0.4, 0.5) is 10.7 Å². The predicted molar refractivity (Wildman–Crippen MR) is 72.1 cm³/mol. The Balaban J connectivity index is 3.43. The number of nitrogens with two attached hydrogens (primary N) is 2. The van der Waals surface area contributed by atoms with Gasteiger partial charge in [0.1, 0.15) is 15.4 Å². The van der Waals surface area contributed by atoms with Gasteiger partial charge in [0.25, 0.3) is 5.91 Å². The molecule has 100 valence electrons. The van der Waals surface area contributed by atoms with Crippen LogP contribution in [-0.2, 0) is 4.74 Å². The molecule has 0 aliphatic rings. The third kappa shape index (κ3) is 2.40. The summed E-state index contributed by atoms with van der Waals surface area (Å²) in [5.41, 5.74) is 11.4. The first-order chi connectivity index (χ1) is 8.47. The number of carbonyl (C=O) groups is 2. The third-order valence-electron chi connectivity index (χ3n) is 2.59. The molecule has 0 spiro atoms. The average molecular weight is 271 g/mol. The summed E-state index contributed by atoms with van der Waals surface area (Å²) < 4.78 is 4.70. The van der Waals surface area contributed by atoms with Crippen LogP contribution >= 0.6 is 11.3 Å². The van der Waals surface area contributed by atoms with E-state index in [4.69, 9.17) is 16.2 Å². The number of ether oxygens (including phenoxy) is 1. The second-order valence-corrected chi connectivity index (χ2v) is 4.55. The van der Waals surface area contributed by atoms with E-state index in [0.717, 1.165) is 11.3 Å². The number of esters is 1. The van der Waals surface area contributed by atoms with Crippen molar-refractivity contribution in [2.45, 2.75) is 13.8 Å². The molecule has 0 atom stereocenters. The Kier molecular flexibility index (Phi) is 4.55. The standard InChI is InChI=1S/C11H17N3O3S/c1-4-14(5-2)10-6(11(16)17-3)7(12)8(18-10)9(13)15/h4-5,12H2,1-3H3,(H2,13,15). The number of amides is 1. The quantitative estimate of drug-likeness (QED) is 0.780. The van der Waals surface area contributed by atoms with Gasteiger partial charge in [0.05, 0.1) is 12.8 Å². The van der Waals surface area contributed by atoms with Crippen LogP contribution in [0.3, 0.4) is 0 Å². The normalized spacial score (nSPS) is 10.2. The van der Waals surface area contributed by atoms with Crippen molar-refractivity contribution in [3.63, 3.8) is 0 Å². The highest BCUT2D eigenvalue weighted by Crippen LogP contribution is 2.38. The maximum absolute atomic E-state index is 11.8. The van der Waals surface area contributed by atoms with Crippen LogP contribution in [0, 0.1) is 0 Å². The van der Waals surface area contributed by atoms with Gasteiger partial charge in [0.2, 0.25) is 0 Å². The lowest BCUT2D eigenvalue weighted by atomic mass is 10.2. The highest BCUT2D eigenvalue weighted by atomic mass is 32.1. The Morgan fingerprint density at radius 3 is 2.28 bits per heavy atom. The van der Waals surface area contributed by atoms with Crippen molar-refractivity contribution >= 4 is 33.9 Å². The molecule has 1 amide bonds. The first-order valence-corrected chi connectivity index (χ1v) is 6.34. The first-order valence-electron chi connectivity index (χ1n) is 5.53. The van der Waals surface area contributed by atoms with E-state index in [9.17, 15) is 9.59 Å². The molecule has 18 heavy (non-hydrogen) atoms. The van der Waals surface area contributed by atoms with Gasteiger partial charge in [-0.15, -0.1) is 11.3 Å². The second kappa shape index (κ2) is 5.72. The Morgan fingerprint density at radius 2 is 1.89 bits per heavy atom. The molecule has 0 saturated carbocycles. The molecule has 1 aromatic rings. The molecule has 4 N–H and O–H groups in total. The monoisotopic (exact) mass is 271 g/mol. The van der Waals surface area contributed by atoms with Crippen LogP contribution in [-0.4, -0.2) is 32.1 Å². The lowest BCUT2D eigenvalue weighted by Crippen LogP contribution is -2.23. The molecule has 1 heterocycles. The van der Waals surface area contributed by atoms with Crippen LogP contribution in [0.1, 0.15) is 33.9 Å². The SMILES string of the molecule is CCN(CC)c1sc(C(N)=O)c(N)c1C(=O)OC. The number of hydrogen-bond acceptors (Lipinski definition) is 6. The Hall–Kier alpha value is -1.76. The molecular formula is C11H17N3O3S. The molecule has 0 saturated heterocycles. The van der Waals surface area contributed by atoms with Gasteiger partial charge < -0.3 is 21.1 Å². The maximum Gasteiger partial charge on any atom is 0.343 e. The van der Waals surface area contributed by atoms with E-state index >= 15 is 0 Å². The zero-order valence-electron chi connectivity index (χ0n) is 10.6. The van der Waals surface area contributed by atoms with E-state index in [1.807, 2.05) is 18.7 Å². The number of anilines is 2. The lowest BCUT2D eigenvalue weighted by Gasteiger charge is -2.20. The lowest BCUT2D eigenvalue weighted by molar-refractivity contribution is 0.0603. The summed E-state index contributed by atoms with van der Waals surface area (Å²) in [6.45, 7) is 5.28. The van der Waals surface area contributed by atoms with E-state index in [2.05, 4.69) is 0 Å². The van der Waals surface area contributed by atoms with Crippen LogP contribution in [0.15, 0.2) is 0 Å². The fourth-order valence-electron chi connectivity index (χ4n) is 1.65. The summed E-state index contributed by atoms with van der Waals surface area (Å²) in [6.07, 6.45) is 0. The summed E-state index contributed by atoms with van der Waals surface area (Å²) in [6, 6.07) is 0. The summed E-state index contributed by atoms with van der Waals surface area (Å²) in [5, 5.41) is 0.623. The van der Waals surface area contributed by atoms with Gasteiger partial charge in [0, 0.05) is 13.1 Å². The van der Waals surface area contributed by atoms with Crippen molar-refractivity contribution in [3.8, 4) is 0 Å². The fourth-order valence-corrected chi connectivity index (χ4v) is 2.84. The van der Waals surface area contributed by atoms with Crippen LogP contribution in [0.25, 0.3) is 0 Å².